The molecule has 1 saturated heterocycles. The fourth-order valence-electron chi connectivity index (χ4n) is 4.18. The van der Waals surface area contributed by atoms with Crippen molar-refractivity contribution in [2.45, 2.75) is 40.0 Å². The van der Waals surface area contributed by atoms with Gasteiger partial charge in [0.2, 0.25) is 0 Å². The minimum absolute atomic E-state index is 0. The molecule has 3 heterocycles. The Morgan fingerprint density at radius 3 is 2.79 bits per heavy atom. The van der Waals surface area contributed by atoms with Crippen LogP contribution in [0, 0.1) is 11.8 Å². The van der Waals surface area contributed by atoms with Crippen molar-refractivity contribution in [2.24, 2.45) is 23.9 Å². The van der Waals surface area contributed by atoms with Crippen LogP contribution in [-0.4, -0.2) is 63.3 Å². The molecule has 9 heteroatoms. The average Bonchev–Trinajstić information content (AvgIpc) is 3.33. The zero-order chi connectivity index (χ0) is 19.9. The number of nitrogens with one attached hydrogen (secondary N) is 2. The Morgan fingerprint density at radius 1 is 1.28 bits per heavy atom. The van der Waals surface area contributed by atoms with Crippen molar-refractivity contribution in [3.8, 4) is 0 Å². The smallest absolute Gasteiger partial charge is 0.193 e. The summed E-state index contributed by atoms with van der Waals surface area (Å²) in [5.41, 5.74) is 0.832. The van der Waals surface area contributed by atoms with Crippen LogP contribution in [0.3, 0.4) is 0 Å². The van der Waals surface area contributed by atoms with Crippen LogP contribution in [0.25, 0.3) is 11.0 Å². The molecule has 0 amide bonds. The van der Waals surface area contributed by atoms with Gasteiger partial charge in [-0.15, -0.1) is 24.0 Å². The summed E-state index contributed by atoms with van der Waals surface area (Å²) in [6, 6.07) is 0. The largest absolute Gasteiger partial charge is 0.367 e. The summed E-state index contributed by atoms with van der Waals surface area (Å²) in [5.74, 6) is 3.46. The van der Waals surface area contributed by atoms with Crippen molar-refractivity contribution in [1.82, 2.24) is 30.0 Å². The third-order valence-corrected chi connectivity index (χ3v) is 5.77. The third kappa shape index (κ3) is 5.70. The molecule has 3 rings (SSSR count). The summed E-state index contributed by atoms with van der Waals surface area (Å²) in [6.45, 7) is 11.3. The van der Waals surface area contributed by atoms with Crippen molar-refractivity contribution in [3.63, 3.8) is 0 Å². The molecule has 0 spiro atoms. The van der Waals surface area contributed by atoms with Gasteiger partial charge in [0.25, 0.3) is 0 Å². The lowest BCUT2D eigenvalue weighted by atomic mass is 9.87. The number of guanidine groups is 1. The predicted molar refractivity (Wildman–Crippen MR) is 130 cm³/mol. The number of aromatic nitrogens is 4. The first kappa shape index (κ1) is 23.6. The molecule has 1 fully saturated rings. The summed E-state index contributed by atoms with van der Waals surface area (Å²) >= 11 is 0. The van der Waals surface area contributed by atoms with Gasteiger partial charge in [0.15, 0.2) is 11.6 Å². The highest BCUT2D eigenvalue weighted by atomic mass is 127. The normalized spacial score (nSPS) is 17.1. The zero-order valence-electron chi connectivity index (χ0n) is 18.1. The highest BCUT2D eigenvalue weighted by Crippen LogP contribution is 2.28. The maximum atomic E-state index is 4.85. The van der Waals surface area contributed by atoms with Crippen LogP contribution in [0.1, 0.15) is 40.0 Å². The SMILES string of the molecule is CCNC(=NCCNc1ncnc2c1cnn2C)N1CCC(C(CC)CC)C1.I. The van der Waals surface area contributed by atoms with Crippen molar-refractivity contribution >= 4 is 46.8 Å². The standard InChI is InChI=1S/C20H34N8.HI/c1-5-15(6-2)16-8-11-28(13-16)20(21-7-3)23-10-9-22-18-17-12-26-27(4)19(17)25-14-24-18;/h12,14-16H,5-11,13H2,1-4H3,(H,21,23)(H,22,24,25);1H. The molecule has 0 aromatic carbocycles. The average molecular weight is 514 g/mol. The van der Waals surface area contributed by atoms with Crippen LogP contribution in [0.2, 0.25) is 0 Å². The summed E-state index contributed by atoms with van der Waals surface area (Å²) in [5, 5.41) is 12.0. The van der Waals surface area contributed by atoms with Crippen LogP contribution in [0.5, 0.6) is 0 Å². The van der Waals surface area contributed by atoms with E-state index in [1.54, 1.807) is 17.2 Å². The second-order valence-electron chi connectivity index (χ2n) is 7.46. The number of hydrogen-bond acceptors (Lipinski definition) is 5. The molecular formula is C20H35IN8. The lowest BCUT2D eigenvalue weighted by Crippen LogP contribution is -2.40. The van der Waals surface area contributed by atoms with Gasteiger partial charge in [-0.2, -0.15) is 5.10 Å². The first-order valence-corrected chi connectivity index (χ1v) is 10.6. The highest BCUT2D eigenvalue weighted by molar-refractivity contribution is 14.0. The van der Waals surface area contributed by atoms with Crippen molar-refractivity contribution < 1.29 is 0 Å². The van der Waals surface area contributed by atoms with Gasteiger partial charge >= 0.3 is 0 Å². The van der Waals surface area contributed by atoms with E-state index >= 15 is 0 Å². The molecule has 2 N–H and O–H groups in total. The molecule has 2 aromatic heterocycles. The Bertz CT molecular complexity index is 786. The molecule has 29 heavy (non-hydrogen) atoms. The number of rotatable bonds is 8. The fraction of sp³-hybridized carbons (Fsp3) is 0.700. The van der Waals surface area contributed by atoms with Crippen LogP contribution >= 0.6 is 24.0 Å². The van der Waals surface area contributed by atoms with Crippen molar-refractivity contribution in [3.05, 3.63) is 12.5 Å². The van der Waals surface area contributed by atoms with Crippen LogP contribution in [0.4, 0.5) is 5.82 Å². The van der Waals surface area contributed by atoms with Gasteiger partial charge in [-0.3, -0.25) is 9.67 Å². The molecular weight excluding hydrogens is 479 g/mol. The fourth-order valence-corrected chi connectivity index (χ4v) is 4.18. The number of hydrogen-bond donors (Lipinski definition) is 2. The second kappa shape index (κ2) is 11.5. The van der Waals surface area contributed by atoms with Crippen molar-refractivity contribution in [1.29, 1.82) is 0 Å². The van der Waals surface area contributed by atoms with Gasteiger partial charge < -0.3 is 15.5 Å². The number of halogens is 1. The van der Waals surface area contributed by atoms with E-state index < -0.39 is 0 Å². The number of anilines is 1. The minimum atomic E-state index is 0. The number of likely N-dealkylation sites (tertiary alicyclic amines) is 1. The van der Waals surface area contributed by atoms with Crippen LogP contribution in [-0.2, 0) is 7.05 Å². The Kier molecular flexibility index (Phi) is 9.38. The second-order valence-corrected chi connectivity index (χ2v) is 7.46. The molecule has 2 aromatic rings. The molecule has 1 aliphatic rings. The highest BCUT2D eigenvalue weighted by Gasteiger charge is 2.29. The molecule has 0 aliphatic carbocycles. The topological polar surface area (TPSA) is 83.3 Å². The Labute approximate surface area is 191 Å². The van der Waals surface area contributed by atoms with Gasteiger partial charge in [-0.25, -0.2) is 9.97 Å². The van der Waals surface area contributed by atoms with Gasteiger partial charge in [0.05, 0.1) is 18.1 Å². The van der Waals surface area contributed by atoms with Crippen molar-refractivity contribution in [2.75, 3.05) is 38.0 Å². The van der Waals surface area contributed by atoms with Gasteiger partial charge in [0.1, 0.15) is 12.1 Å². The van der Waals surface area contributed by atoms with Gasteiger partial charge in [-0.05, 0) is 25.2 Å². The van der Waals surface area contributed by atoms with E-state index in [1.807, 2.05) is 7.05 Å². The Hall–Kier alpha value is -1.65. The van der Waals surface area contributed by atoms with Crippen LogP contribution < -0.4 is 10.6 Å². The predicted octanol–water partition coefficient (Wildman–Crippen LogP) is 3.12. The van der Waals surface area contributed by atoms with E-state index in [0.717, 1.165) is 60.8 Å². The Morgan fingerprint density at radius 2 is 2.07 bits per heavy atom. The monoisotopic (exact) mass is 514 g/mol. The number of fused-ring (bicyclic) bond motifs is 1. The maximum Gasteiger partial charge on any atom is 0.193 e. The van der Waals surface area contributed by atoms with Gasteiger partial charge in [0, 0.05) is 33.2 Å². The summed E-state index contributed by atoms with van der Waals surface area (Å²) in [7, 11) is 1.89. The maximum absolute atomic E-state index is 4.85. The summed E-state index contributed by atoms with van der Waals surface area (Å²) in [4.78, 5) is 15.9. The van der Waals surface area contributed by atoms with E-state index in [0.29, 0.717) is 6.54 Å². The Balaban J connectivity index is 0.00000300. The van der Waals surface area contributed by atoms with E-state index in [2.05, 4.69) is 51.4 Å². The van der Waals surface area contributed by atoms with E-state index in [9.17, 15) is 0 Å². The lowest BCUT2D eigenvalue weighted by Gasteiger charge is -2.24. The number of aryl methyl sites for hydroxylation is 1. The zero-order valence-corrected chi connectivity index (χ0v) is 20.4. The molecule has 1 aliphatic heterocycles. The molecule has 8 nitrogen and oxygen atoms in total. The van der Waals surface area contributed by atoms with E-state index in [1.165, 1.54) is 19.3 Å². The summed E-state index contributed by atoms with van der Waals surface area (Å²) < 4.78 is 1.76. The third-order valence-electron chi connectivity index (χ3n) is 5.77. The first-order valence-electron chi connectivity index (χ1n) is 10.6. The molecule has 162 valence electrons. The minimum Gasteiger partial charge on any atom is -0.367 e. The quantitative estimate of drug-likeness (QED) is 0.244. The first-order chi connectivity index (χ1) is 13.7. The molecule has 0 bridgehead atoms. The summed E-state index contributed by atoms with van der Waals surface area (Å²) in [6.07, 6.45) is 7.19. The number of aliphatic imine (C=N–C) groups is 1. The lowest BCUT2D eigenvalue weighted by molar-refractivity contribution is 0.319. The molecule has 0 saturated carbocycles. The van der Waals surface area contributed by atoms with Crippen LogP contribution in [0.15, 0.2) is 17.5 Å². The van der Waals surface area contributed by atoms with E-state index in [4.69, 9.17) is 4.99 Å². The van der Waals surface area contributed by atoms with E-state index in [-0.39, 0.29) is 24.0 Å². The number of nitrogens with zero attached hydrogens (tertiary/aromatic N) is 6. The molecule has 0 radical (unpaired) electrons. The molecule has 1 atom stereocenters. The van der Waals surface area contributed by atoms with Gasteiger partial charge in [-0.1, -0.05) is 26.7 Å². The molecule has 1 unspecified atom stereocenters.